The zero-order valence-electron chi connectivity index (χ0n) is 14.8. The van der Waals surface area contributed by atoms with Gasteiger partial charge in [-0.2, -0.15) is 13.2 Å². The number of hydrogen-bond donors (Lipinski definition) is 1. The molecule has 0 aliphatic carbocycles. The van der Waals surface area contributed by atoms with Crippen LogP contribution in [0.25, 0.3) is 0 Å². The maximum absolute atomic E-state index is 13.6. The number of hydrogen-bond acceptors (Lipinski definition) is 1. The zero-order chi connectivity index (χ0) is 19.5. The van der Waals surface area contributed by atoms with Crippen molar-refractivity contribution in [3.8, 4) is 0 Å². The Labute approximate surface area is 150 Å². The average Bonchev–Trinajstić information content (AvgIpc) is 2.53. The summed E-state index contributed by atoms with van der Waals surface area (Å²) in [5, 5.41) is 2.78. The van der Waals surface area contributed by atoms with Gasteiger partial charge in [0.15, 0.2) is 0 Å². The second kappa shape index (κ2) is 7.48. The number of halogens is 4. The van der Waals surface area contributed by atoms with Crippen molar-refractivity contribution < 1.29 is 22.4 Å². The molecule has 1 unspecified atom stereocenters. The third-order valence-electron chi connectivity index (χ3n) is 3.86. The molecule has 1 amide bonds. The Bertz CT molecular complexity index is 764. The molecule has 0 radical (unpaired) electrons. The van der Waals surface area contributed by atoms with Crippen molar-refractivity contribution in [2.75, 3.05) is 0 Å². The second-order valence-corrected chi connectivity index (χ2v) is 7.39. The molecule has 2 aromatic rings. The minimum Gasteiger partial charge on any atom is -0.345 e. The molecule has 0 aliphatic heterocycles. The molecule has 6 heteroatoms. The summed E-state index contributed by atoms with van der Waals surface area (Å²) in [7, 11) is 0. The van der Waals surface area contributed by atoms with Gasteiger partial charge in [-0.05, 0) is 41.7 Å². The number of benzene rings is 2. The van der Waals surface area contributed by atoms with Gasteiger partial charge in [0.2, 0.25) is 0 Å². The lowest BCUT2D eigenvalue weighted by atomic mass is 9.85. The molecule has 2 nitrogen and oxygen atoms in total. The first-order chi connectivity index (χ1) is 12.0. The normalized spacial score (nSPS) is 13.3. The summed E-state index contributed by atoms with van der Waals surface area (Å²) in [4.78, 5) is 12.5. The van der Waals surface area contributed by atoms with Gasteiger partial charge < -0.3 is 5.32 Å². The summed E-state index contributed by atoms with van der Waals surface area (Å²) in [5.74, 6) is -1.72. The van der Waals surface area contributed by atoms with Crippen molar-refractivity contribution in [2.45, 2.75) is 39.4 Å². The second-order valence-electron chi connectivity index (χ2n) is 7.39. The minimum absolute atomic E-state index is 0.220. The van der Waals surface area contributed by atoms with E-state index in [1.807, 2.05) is 20.8 Å². The standard InChI is InChI=1S/C20H21F4NO/c1-19(2,3)12-17(25-18(26)13-7-5-4-6-8-13)14-9-10-16(21)15(11-14)20(22,23)24/h4-11,17H,12H2,1-3H3,(H,25,26). The summed E-state index contributed by atoms with van der Waals surface area (Å²) in [5.41, 5.74) is -0.966. The van der Waals surface area contributed by atoms with Crippen LogP contribution in [0.5, 0.6) is 0 Å². The Morgan fingerprint density at radius 2 is 1.65 bits per heavy atom. The van der Waals surface area contributed by atoms with Crippen LogP contribution in [0.3, 0.4) is 0 Å². The van der Waals surface area contributed by atoms with Crippen LogP contribution in [0.1, 0.15) is 54.7 Å². The number of nitrogens with one attached hydrogen (secondary N) is 1. The Balaban J connectivity index is 2.38. The van der Waals surface area contributed by atoms with Gasteiger partial charge in [-0.3, -0.25) is 4.79 Å². The fourth-order valence-electron chi connectivity index (χ4n) is 2.67. The third kappa shape index (κ3) is 5.31. The Morgan fingerprint density at radius 1 is 1.04 bits per heavy atom. The highest BCUT2D eigenvalue weighted by molar-refractivity contribution is 5.94. The van der Waals surface area contributed by atoms with E-state index >= 15 is 0 Å². The molecule has 1 atom stereocenters. The van der Waals surface area contributed by atoms with Crippen LogP contribution in [-0.4, -0.2) is 5.91 Å². The number of carbonyl (C=O) groups excluding carboxylic acids is 1. The van der Waals surface area contributed by atoms with E-state index in [2.05, 4.69) is 5.32 Å². The Hall–Kier alpha value is -2.37. The summed E-state index contributed by atoms with van der Waals surface area (Å²) in [6, 6.07) is 10.6. The molecular weight excluding hydrogens is 346 g/mol. The minimum atomic E-state index is -4.80. The highest BCUT2D eigenvalue weighted by Crippen LogP contribution is 2.35. The Kier molecular flexibility index (Phi) is 5.74. The molecule has 0 spiro atoms. The highest BCUT2D eigenvalue weighted by atomic mass is 19.4. The highest BCUT2D eigenvalue weighted by Gasteiger charge is 2.35. The average molecular weight is 367 g/mol. The molecule has 2 rings (SSSR count). The van der Waals surface area contributed by atoms with E-state index < -0.39 is 29.5 Å². The van der Waals surface area contributed by atoms with Crippen molar-refractivity contribution in [2.24, 2.45) is 5.41 Å². The van der Waals surface area contributed by atoms with E-state index in [1.165, 1.54) is 6.07 Å². The van der Waals surface area contributed by atoms with E-state index in [1.54, 1.807) is 30.3 Å². The summed E-state index contributed by atoms with van der Waals surface area (Å²) in [6.45, 7) is 5.76. The fraction of sp³-hybridized carbons (Fsp3) is 0.350. The van der Waals surface area contributed by atoms with Crippen molar-refractivity contribution in [1.82, 2.24) is 5.32 Å². The zero-order valence-corrected chi connectivity index (χ0v) is 14.8. The van der Waals surface area contributed by atoms with Crippen LogP contribution >= 0.6 is 0 Å². The first-order valence-electron chi connectivity index (χ1n) is 8.20. The molecule has 26 heavy (non-hydrogen) atoms. The van der Waals surface area contributed by atoms with Crippen molar-refractivity contribution in [3.05, 3.63) is 71.0 Å². The van der Waals surface area contributed by atoms with Gasteiger partial charge in [0.05, 0.1) is 11.6 Å². The number of carbonyl (C=O) groups is 1. The van der Waals surface area contributed by atoms with Gasteiger partial charge in [-0.15, -0.1) is 0 Å². The van der Waals surface area contributed by atoms with Crippen LogP contribution in [0.2, 0.25) is 0 Å². The Morgan fingerprint density at radius 3 is 2.19 bits per heavy atom. The van der Waals surface area contributed by atoms with Crippen LogP contribution in [0, 0.1) is 11.2 Å². The topological polar surface area (TPSA) is 29.1 Å². The van der Waals surface area contributed by atoms with Gasteiger partial charge in [-0.1, -0.05) is 45.0 Å². The van der Waals surface area contributed by atoms with E-state index in [4.69, 9.17) is 0 Å². The van der Waals surface area contributed by atoms with E-state index in [9.17, 15) is 22.4 Å². The fourth-order valence-corrected chi connectivity index (χ4v) is 2.67. The lowest BCUT2D eigenvalue weighted by molar-refractivity contribution is -0.140. The first-order valence-corrected chi connectivity index (χ1v) is 8.20. The van der Waals surface area contributed by atoms with Gasteiger partial charge in [-0.25, -0.2) is 4.39 Å². The molecule has 140 valence electrons. The van der Waals surface area contributed by atoms with Crippen LogP contribution in [-0.2, 0) is 6.18 Å². The lowest BCUT2D eigenvalue weighted by Crippen LogP contribution is -2.31. The van der Waals surface area contributed by atoms with Gasteiger partial charge >= 0.3 is 6.18 Å². The van der Waals surface area contributed by atoms with E-state index in [-0.39, 0.29) is 11.0 Å². The van der Waals surface area contributed by atoms with Gasteiger partial charge in [0.1, 0.15) is 5.82 Å². The summed E-state index contributed by atoms with van der Waals surface area (Å²) >= 11 is 0. The molecule has 0 bridgehead atoms. The molecule has 0 fully saturated rings. The maximum atomic E-state index is 13.6. The van der Waals surface area contributed by atoms with Crippen molar-refractivity contribution in [1.29, 1.82) is 0 Å². The monoisotopic (exact) mass is 367 g/mol. The maximum Gasteiger partial charge on any atom is 0.419 e. The molecule has 0 heterocycles. The van der Waals surface area contributed by atoms with Crippen molar-refractivity contribution in [3.63, 3.8) is 0 Å². The number of amides is 1. The molecule has 0 saturated heterocycles. The third-order valence-corrected chi connectivity index (χ3v) is 3.86. The van der Waals surface area contributed by atoms with E-state index in [0.29, 0.717) is 12.0 Å². The van der Waals surface area contributed by atoms with Crippen LogP contribution in [0.4, 0.5) is 17.6 Å². The largest absolute Gasteiger partial charge is 0.419 e. The lowest BCUT2D eigenvalue weighted by Gasteiger charge is -2.28. The number of alkyl halides is 3. The smallest absolute Gasteiger partial charge is 0.345 e. The molecule has 1 N–H and O–H groups in total. The van der Waals surface area contributed by atoms with Crippen LogP contribution < -0.4 is 5.32 Å². The van der Waals surface area contributed by atoms with Gasteiger partial charge in [0, 0.05) is 5.56 Å². The quantitative estimate of drug-likeness (QED) is 0.685. The molecular formula is C20H21F4NO. The predicted molar refractivity (Wildman–Crippen MR) is 92.1 cm³/mol. The molecule has 0 aliphatic rings. The van der Waals surface area contributed by atoms with Crippen molar-refractivity contribution >= 4 is 5.91 Å². The SMILES string of the molecule is CC(C)(C)CC(NC(=O)c1ccccc1)c1ccc(F)c(C(F)(F)F)c1. The first kappa shape index (κ1) is 19.9. The van der Waals surface area contributed by atoms with Crippen LogP contribution in [0.15, 0.2) is 48.5 Å². The molecule has 0 aromatic heterocycles. The summed E-state index contributed by atoms with van der Waals surface area (Å²) < 4.78 is 52.7. The number of rotatable bonds is 4. The molecule has 2 aromatic carbocycles. The summed E-state index contributed by atoms with van der Waals surface area (Å²) in [6.07, 6.45) is -4.40. The van der Waals surface area contributed by atoms with Gasteiger partial charge in [0.25, 0.3) is 5.91 Å². The predicted octanol–water partition coefficient (Wildman–Crippen LogP) is 5.75. The molecule has 0 saturated carbocycles. The van der Waals surface area contributed by atoms with E-state index in [0.717, 1.165) is 12.1 Å².